The first-order valence-corrected chi connectivity index (χ1v) is 8.01. The molecule has 1 aromatic carbocycles. The number of nitrogens with one attached hydrogen (secondary N) is 1. The molecule has 0 aliphatic carbocycles. The highest BCUT2D eigenvalue weighted by Crippen LogP contribution is 2.28. The number of rotatable bonds is 6. The number of nitro benzene ring substituents is 1. The Hall–Kier alpha value is -2.15. The fourth-order valence-electron chi connectivity index (χ4n) is 2.66. The molecule has 1 amide bonds. The standard InChI is InChI=1S/C16H24N4O3/c1-3-13(2)17-16(21)12-18-8-10-19(11-9-18)14-6-4-5-7-15(14)20(22)23/h4-7,13H,3,8-12H2,1-2H3,(H,17,21). The molecule has 0 saturated carbocycles. The molecule has 7 nitrogen and oxygen atoms in total. The summed E-state index contributed by atoms with van der Waals surface area (Å²) in [7, 11) is 0. The summed E-state index contributed by atoms with van der Waals surface area (Å²) in [6.45, 7) is 7.22. The lowest BCUT2D eigenvalue weighted by Crippen LogP contribution is -2.50. The molecule has 0 spiro atoms. The molecule has 0 radical (unpaired) electrons. The molecule has 1 heterocycles. The fourth-order valence-corrected chi connectivity index (χ4v) is 2.66. The molecule has 1 atom stereocenters. The first-order valence-electron chi connectivity index (χ1n) is 8.01. The smallest absolute Gasteiger partial charge is 0.292 e. The van der Waals surface area contributed by atoms with Gasteiger partial charge in [0.05, 0.1) is 11.5 Å². The number of piperazine rings is 1. The molecule has 7 heteroatoms. The molecule has 1 fully saturated rings. The lowest BCUT2D eigenvalue weighted by atomic mass is 10.2. The summed E-state index contributed by atoms with van der Waals surface area (Å²) in [5, 5.41) is 14.1. The van der Waals surface area contributed by atoms with Crippen molar-refractivity contribution in [3.8, 4) is 0 Å². The van der Waals surface area contributed by atoms with E-state index in [9.17, 15) is 14.9 Å². The second-order valence-corrected chi connectivity index (χ2v) is 5.89. The Kier molecular flexibility index (Phi) is 5.92. The maximum Gasteiger partial charge on any atom is 0.292 e. The summed E-state index contributed by atoms with van der Waals surface area (Å²) < 4.78 is 0. The van der Waals surface area contributed by atoms with Crippen molar-refractivity contribution in [2.75, 3.05) is 37.6 Å². The number of benzene rings is 1. The quantitative estimate of drug-likeness (QED) is 0.637. The van der Waals surface area contributed by atoms with E-state index in [1.165, 1.54) is 6.07 Å². The number of nitrogens with zero attached hydrogens (tertiary/aromatic N) is 3. The number of hydrogen-bond donors (Lipinski definition) is 1. The molecular weight excluding hydrogens is 296 g/mol. The van der Waals surface area contributed by atoms with Gasteiger partial charge in [-0.05, 0) is 19.4 Å². The summed E-state index contributed by atoms with van der Waals surface area (Å²) in [4.78, 5) is 26.8. The first kappa shape index (κ1) is 17.2. The molecule has 2 rings (SSSR count). The molecule has 1 unspecified atom stereocenters. The van der Waals surface area contributed by atoms with Crippen molar-refractivity contribution in [1.29, 1.82) is 0 Å². The number of amides is 1. The van der Waals surface area contributed by atoms with E-state index < -0.39 is 0 Å². The highest BCUT2D eigenvalue weighted by molar-refractivity contribution is 5.78. The average Bonchev–Trinajstić information content (AvgIpc) is 2.55. The molecule has 1 aliphatic rings. The van der Waals surface area contributed by atoms with Gasteiger partial charge < -0.3 is 10.2 Å². The molecule has 1 saturated heterocycles. The van der Waals surface area contributed by atoms with Crippen molar-refractivity contribution in [3.63, 3.8) is 0 Å². The molecule has 0 bridgehead atoms. The van der Waals surface area contributed by atoms with Crippen molar-refractivity contribution < 1.29 is 9.72 Å². The van der Waals surface area contributed by atoms with Gasteiger partial charge >= 0.3 is 0 Å². The van der Waals surface area contributed by atoms with E-state index in [0.717, 1.165) is 19.5 Å². The van der Waals surface area contributed by atoms with E-state index in [4.69, 9.17) is 0 Å². The summed E-state index contributed by atoms with van der Waals surface area (Å²) in [6, 6.07) is 6.99. The van der Waals surface area contributed by atoms with E-state index >= 15 is 0 Å². The summed E-state index contributed by atoms with van der Waals surface area (Å²) in [5.41, 5.74) is 0.789. The van der Waals surface area contributed by atoms with E-state index in [1.807, 2.05) is 24.8 Å². The van der Waals surface area contributed by atoms with E-state index in [-0.39, 0.29) is 22.6 Å². The van der Waals surface area contributed by atoms with Gasteiger partial charge in [-0.1, -0.05) is 19.1 Å². The van der Waals surface area contributed by atoms with Crippen molar-refractivity contribution in [3.05, 3.63) is 34.4 Å². The van der Waals surface area contributed by atoms with Crippen LogP contribution in [0.5, 0.6) is 0 Å². The number of nitro groups is 1. The van der Waals surface area contributed by atoms with Gasteiger partial charge in [0, 0.05) is 38.3 Å². The van der Waals surface area contributed by atoms with Crippen LogP contribution in [0.15, 0.2) is 24.3 Å². The van der Waals surface area contributed by atoms with Crippen LogP contribution in [-0.2, 0) is 4.79 Å². The monoisotopic (exact) mass is 320 g/mol. The predicted octanol–water partition coefficient (Wildman–Crippen LogP) is 1.63. The number of carbonyl (C=O) groups excluding carboxylic acids is 1. The van der Waals surface area contributed by atoms with Gasteiger partial charge in [0.15, 0.2) is 0 Å². The Morgan fingerprint density at radius 1 is 1.30 bits per heavy atom. The van der Waals surface area contributed by atoms with Gasteiger partial charge in [-0.2, -0.15) is 0 Å². The Morgan fingerprint density at radius 2 is 1.96 bits per heavy atom. The Labute approximate surface area is 136 Å². The average molecular weight is 320 g/mol. The molecule has 1 N–H and O–H groups in total. The van der Waals surface area contributed by atoms with Crippen molar-refractivity contribution in [2.45, 2.75) is 26.3 Å². The second-order valence-electron chi connectivity index (χ2n) is 5.89. The van der Waals surface area contributed by atoms with Crippen LogP contribution in [0.25, 0.3) is 0 Å². The zero-order valence-electron chi connectivity index (χ0n) is 13.7. The van der Waals surface area contributed by atoms with E-state index in [2.05, 4.69) is 10.2 Å². The van der Waals surface area contributed by atoms with Crippen LogP contribution >= 0.6 is 0 Å². The third-order valence-corrected chi connectivity index (χ3v) is 4.18. The van der Waals surface area contributed by atoms with Crippen LogP contribution in [0.3, 0.4) is 0 Å². The largest absolute Gasteiger partial charge is 0.363 e. The molecule has 23 heavy (non-hydrogen) atoms. The Morgan fingerprint density at radius 3 is 2.57 bits per heavy atom. The summed E-state index contributed by atoms with van der Waals surface area (Å²) in [6.07, 6.45) is 0.914. The summed E-state index contributed by atoms with van der Waals surface area (Å²) >= 11 is 0. The Balaban J connectivity index is 1.89. The zero-order valence-corrected chi connectivity index (χ0v) is 13.7. The van der Waals surface area contributed by atoms with Gasteiger partial charge in [0.1, 0.15) is 5.69 Å². The fraction of sp³-hybridized carbons (Fsp3) is 0.562. The third kappa shape index (κ3) is 4.66. The minimum Gasteiger partial charge on any atom is -0.363 e. The number of carbonyl (C=O) groups is 1. The van der Waals surface area contributed by atoms with Gasteiger partial charge in [-0.15, -0.1) is 0 Å². The number of hydrogen-bond acceptors (Lipinski definition) is 5. The minimum atomic E-state index is -0.346. The number of anilines is 1. The van der Waals surface area contributed by atoms with E-state index in [0.29, 0.717) is 25.3 Å². The van der Waals surface area contributed by atoms with Crippen LogP contribution in [0.1, 0.15) is 20.3 Å². The van der Waals surface area contributed by atoms with Gasteiger partial charge in [-0.3, -0.25) is 19.8 Å². The highest BCUT2D eigenvalue weighted by atomic mass is 16.6. The maximum absolute atomic E-state index is 11.9. The summed E-state index contributed by atoms with van der Waals surface area (Å²) in [5.74, 6) is 0.0403. The van der Waals surface area contributed by atoms with E-state index in [1.54, 1.807) is 12.1 Å². The SMILES string of the molecule is CCC(C)NC(=O)CN1CCN(c2ccccc2[N+](=O)[O-])CC1. The molecule has 126 valence electrons. The van der Waals surface area contributed by atoms with Gasteiger partial charge in [0.2, 0.25) is 5.91 Å². The molecule has 1 aliphatic heterocycles. The van der Waals surface area contributed by atoms with Crippen LogP contribution in [0, 0.1) is 10.1 Å². The predicted molar refractivity (Wildman–Crippen MR) is 89.6 cm³/mol. The lowest BCUT2D eigenvalue weighted by Gasteiger charge is -2.35. The van der Waals surface area contributed by atoms with Crippen LogP contribution in [0.2, 0.25) is 0 Å². The Bertz CT molecular complexity index is 556. The van der Waals surface area contributed by atoms with Crippen LogP contribution in [-0.4, -0.2) is 54.5 Å². The first-order chi connectivity index (χ1) is 11.0. The minimum absolute atomic E-state index is 0.0403. The molecular formula is C16H24N4O3. The van der Waals surface area contributed by atoms with Crippen molar-refractivity contribution in [1.82, 2.24) is 10.2 Å². The van der Waals surface area contributed by atoms with Crippen LogP contribution in [0.4, 0.5) is 11.4 Å². The van der Waals surface area contributed by atoms with Crippen molar-refractivity contribution in [2.24, 2.45) is 0 Å². The normalized spacial score (nSPS) is 16.9. The third-order valence-electron chi connectivity index (χ3n) is 4.18. The highest BCUT2D eigenvalue weighted by Gasteiger charge is 2.24. The number of para-hydroxylation sites is 2. The van der Waals surface area contributed by atoms with Crippen LogP contribution < -0.4 is 10.2 Å². The molecule has 1 aromatic rings. The topological polar surface area (TPSA) is 78.7 Å². The van der Waals surface area contributed by atoms with Gasteiger partial charge in [0.25, 0.3) is 5.69 Å². The molecule has 0 aromatic heterocycles. The zero-order chi connectivity index (χ0) is 16.8. The van der Waals surface area contributed by atoms with Crippen molar-refractivity contribution >= 4 is 17.3 Å². The second kappa shape index (κ2) is 7.92. The maximum atomic E-state index is 11.9. The lowest BCUT2D eigenvalue weighted by molar-refractivity contribution is -0.384. The van der Waals surface area contributed by atoms with Gasteiger partial charge in [-0.25, -0.2) is 0 Å².